The minimum atomic E-state index is -0.793. The van der Waals surface area contributed by atoms with Crippen molar-refractivity contribution in [2.75, 3.05) is 25.0 Å². The van der Waals surface area contributed by atoms with E-state index in [-0.39, 0.29) is 24.1 Å². The molecule has 3 rings (SSSR count). The van der Waals surface area contributed by atoms with Crippen molar-refractivity contribution in [3.63, 3.8) is 0 Å². The van der Waals surface area contributed by atoms with Crippen molar-refractivity contribution in [1.82, 2.24) is 15.0 Å². The zero-order valence-electron chi connectivity index (χ0n) is 12.6. The SMILES string of the molecule is Cc1noc(C2CCN(CC(=O)Nc3ccc(F)cc3F)C2)n1. The van der Waals surface area contributed by atoms with Crippen LogP contribution in [0, 0.1) is 18.6 Å². The molecule has 1 saturated heterocycles. The van der Waals surface area contributed by atoms with Crippen LogP contribution in [-0.4, -0.2) is 40.6 Å². The van der Waals surface area contributed by atoms with Gasteiger partial charge in [0.05, 0.1) is 18.2 Å². The van der Waals surface area contributed by atoms with E-state index < -0.39 is 11.6 Å². The molecule has 0 bridgehead atoms. The first kappa shape index (κ1) is 15.5. The van der Waals surface area contributed by atoms with Crippen LogP contribution in [0.5, 0.6) is 0 Å². The molecule has 0 saturated carbocycles. The van der Waals surface area contributed by atoms with Crippen LogP contribution in [0.3, 0.4) is 0 Å². The molecular weight excluding hydrogens is 306 g/mol. The van der Waals surface area contributed by atoms with Gasteiger partial charge in [-0.3, -0.25) is 9.69 Å². The Morgan fingerprint density at radius 2 is 2.30 bits per heavy atom. The zero-order chi connectivity index (χ0) is 16.4. The highest BCUT2D eigenvalue weighted by Gasteiger charge is 2.29. The van der Waals surface area contributed by atoms with E-state index in [9.17, 15) is 13.6 Å². The van der Waals surface area contributed by atoms with E-state index in [0.717, 1.165) is 18.6 Å². The highest BCUT2D eigenvalue weighted by atomic mass is 19.1. The van der Waals surface area contributed by atoms with Crippen LogP contribution in [0.4, 0.5) is 14.5 Å². The standard InChI is InChI=1S/C15H16F2N4O2/c1-9-18-15(23-20-9)10-4-5-21(7-10)8-14(22)19-13-3-2-11(16)6-12(13)17/h2-3,6,10H,4-5,7-8H2,1H3,(H,19,22). The van der Waals surface area contributed by atoms with E-state index >= 15 is 0 Å². The Morgan fingerprint density at radius 1 is 1.48 bits per heavy atom. The molecule has 1 aromatic heterocycles. The van der Waals surface area contributed by atoms with E-state index in [0.29, 0.717) is 24.8 Å². The number of aryl methyl sites for hydroxylation is 1. The molecule has 122 valence electrons. The third-order valence-electron chi connectivity index (χ3n) is 3.74. The Balaban J connectivity index is 1.54. The van der Waals surface area contributed by atoms with Gasteiger partial charge in [-0.05, 0) is 32.0 Å². The lowest BCUT2D eigenvalue weighted by molar-refractivity contribution is -0.117. The van der Waals surface area contributed by atoms with Crippen molar-refractivity contribution < 1.29 is 18.1 Å². The van der Waals surface area contributed by atoms with E-state index in [2.05, 4.69) is 15.5 Å². The average Bonchev–Trinajstić information content (AvgIpc) is 3.11. The first-order valence-corrected chi connectivity index (χ1v) is 7.29. The highest BCUT2D eigenvalue weighted by Crippen LogP contribution is 2.25. The Kier molecular flexibility index (Phi) is 4.33. The molecular formula is C15H16F2N4O2. The normalized spacial score (nSPS) is 18.3. The Labute approximate surface area is 131 Å². The Hall–Kier alpha value is -2.35. The number of carbonyl (C=O) groups is 1. The molecule has 1 N–H and O–H groups in total. The molecule has 1 unspecified atom stereocenters. The molecule has 1 aromatic carbocycles. The molecule has 0 spiro atoms. The van der Waals surface area contributed by atoms with Gasteiger partial charge in [0.2, 0.25) is 11.8 Å². The van der Waals surface area contributed by atoms with Gasteiger partial charge in [0.1, 0.15) is 11.6 Å². The fraction of sp³-hybridized carbons (Fsp3) is 0.400. The van der Waals surface area contributed by atoms with E-state index in [1.54, 1.807) is 6.92 Å². The third-order valence-corrected chi connectivity index (χ3v) is 3.74. The van der Waals surface area contributed by atoms with Crippen molar-refractivity contribution >= 4 is 11.6 Å². The summed E-state index contributed by atoms with van der Waals surface area (Å²) in [5.41, 5.74) is -0.0281. The predicted octanol–water partition coefficient (Wildman–Crippen LogP) is 2.08. The smallest absolute Gasteiger partial charge is 0.238 e. The molecule has 1 fully saturated rings. The summed E-state index contributed by atoms with van der Waals surface area (Å²) in [5, 5.41) is 6.21. The second-order valence-corrected chi connectivity index (χ2v) is 5.57. The molecule has 0 radical (unpaired) electrons. The van der Waals surface area contributed by atoms with Crippen molar-refractivity contribution in [2.24, 2.45) is 0 Å². The van der Waals surface area contributed by atoms with Crippen molar-refractivity contribution in [2.45, 2.75) is 19.3 Å². The first-order valence-electron chi connectivity index (χ1n) is 7.29. The Morgan fingerprint density at radius 3 is 3.00 bits per heavy atom. The van der Waals surface area contributed by atoms with Gasteiger partial charge >= 0.3 is 0 Å². The lowest BCUT2D eigenvalue weighted by atomic mass is 10.1. The van der Waals surface area contributed by atoms with Gasteiger partial charge in [0, 0.05) is 12.6 Å². The summed E-state index contributed by atoms with van der Waals surface area (Å²) in [7, 11) is 0. The number of halogens is 2. The van der Waals surface area contributed by atoms with Gasteiger partial charge in [0.15, 0.2) is 5.82 Å². The number of hydrogen-bond acceptors (Lipinski definition) is 5. The molecule has 6 nitrogen and oxygen atoms in total. The molecule has 1 aliphatic heterocycles. The van der Waals surface area contributed by atoms with Gasteiger partial charge in [-0.1, -0.05) is 5.16 Å². The lowest BCUT2D eigenvalue weighted by Gasteiger charge is -2.15. The minimum absolute atomic E-state index is 0.0281. The van der Waals surface area contributed by atoms with Crippen LogP contribution in [-0.2, 0) is 4.79 Å². The number of amides is 1. The summed E-state index contributed by atoms with van der Waals surface area (Å²) in [6, 6.07) is 3.04. The zero-order valence-corrected chi connectivity index (χ0v) is 12.6. The fourth-order valence-electron chi connectivity index (χ4n) is 2.64. The Bertz CT molecular complexity index is 719. The number of rotatable bonds is 4. The second kappa shape index (κ2) is 6.41. The maximum atomic E-state index is 13.5. The van der Waals surface area contributed by atoms with Gasteiger partial charge < -0.3 is 9.84 Å². The number of likely N-dealkylation sites (tertiary alicyclic amines) is 1. The topological polar surface area (TPSA) is 71.3 Å². The maximum absolute atomic E-state index is 13.5. The van der Waals surface area contributed by atoms with Crippen LogP contribution in [0.15, 0.2) is 22.7 Å². The maximum Gasteiger partial charge on any atom is 0.238 e. The predicted molar refractivity (Wildman–Crippen MR) is 77.8 cm³/mol. The van der Waals surface area contributed by atoms with Crippen LogP contribution in [0.25, 0.3) is 0 Å². The quantitative estimate of drug-likeness (QED) is 0.933. The summed E-state index contributed by atoms with van der Waals surface area (Å²) in [4.78, 5) is 18.1. The molecule has 2 aromatic rings. The molecule has 1 aliphatic rings. The summed E-state index contributed by atoms with van der Waals surface area (Å²) >= 11 is 0. The third kappa shape index (κ3) is 3.70. The highest BCUT2D eigenvalue weighted by molar-refractivity contribution is 5.92. The van der Waals surface area contributed by atoms with Crippen molar-refractivity contribution in [3.05, 3.63) is 41.5 Å². The van der Waals surface area contributed by atoms with Crippen LogP contribution in [0.2, 0.25) is 0 Å². The van der Waals surface area contributed by atoms with Gasteiger partial charge in [0.25, 0.3) is 0 Å². The van der Waals surface area contributed by atoms with E-state index in [1.807, 2.05) is 4.90 Å². The molecule has 23 heavy (non-hydrogen) atoms. The van der Waals surface area contributed by atoms with Crippen LogP contribution >= 0.6 is 0 Å². The monoisotopic (exact) mass is 322 g/mol. The van der Waals surface area contributed by atoms with Gasteiger partial charge in [-0.15, -0.1) is 0 Å². The molecule has 8 heteroatoms. The number of anilines is 1. The largest absolute Gasteiger partial charge is 0.339 e. The lowest BCUT2D eigenvalue weighted by Crippen LogP contribution is -2.31. The molecule has 1 amide bonds. The number of carbonyl (C=O) groups excluding carboxylic acids is 1. The summed E-state index contributed by atoms with van der Waals surface area (Å²) in [6.45, 7) is 3.22. The summed E-state index contributed by atoms with van der Waals surface area (Å²) in [5.74, 6) is -0.556. The van der Waals surface area contributed by atoms with Crippen molar-refractivity contribution in [1.29, 1.82) is 0 Å². The molecule has 2 heterocycles. The number of nitrogens with zero attached hydrogens (tertiary/aromatic N) is 3. The average molecular weight is 322 g/mol. The van der Waals surface area contributed by atoms with Crippen LogP contribution < -0.4 is 5.32 Å². The number of nitrogens with one attached hydrogen (secondary N) is 1. The summed E-state index contributed by atoms with van der Waals surface area (Å²) in [6.07, 6.45) is 0.819. The molecule has 1 atom stereocenters. The first-order chi connectivity index (χ1) is 11.0. The van der Waals surface area contributed by atoms with Gasteiger partial charge in [-0.2, -0.15) is 4.98 Å². The fourth-order valence-corrected chi connectivity index (χ4v) is 2.64. The van der Waals surface area contributed by atoms with Gasteiger partial charge in [-0.25, -0.2) is 8.78 Å². The van der Waals surface area contributed by atoms with E-state index in [1.165, 1.54) is 6.07 Å². The number of hydrogen-bond donors (Lipinski definition) is 1. The summed E-state index contributed by atoms with van der Waals surface area (Å²) < 4.78 is 31.5. The molecule has 0 aliphatic carbocycles. The number of benzene rings is 1. The number of aromatic nitrogens is 2. The van der Waals surface area contributed by atoms with E-state index in [4.69, 9.17) is 4.52 Å². The van der Waals surface area contributed by atoms with Crippen LogP contribution in [0.1, 0.15) is 24.1 Å². The van der Waals surface area contributed by atoms with Crippen molar-refractivity contribution in [3.8, 4) is 0 Å². The minimum Gasteiger partial charge on any atom is -0.339 e. The second-order valence-electron chi connectivity index (χ2n) is 5.57.